The molecule has 0 spiro atoms. The van der Waals surface area contributed by atoms with Crippen molar-refractivity contribution < 1.29 is 41.1 Å². The maximum absolute atomic E-state index is 14.0. The summed E-state index contributed by atoms with van der Waals surface area (Å²) in [5.74, 6) is -3.54. The first-order valence-electron chi connectivity index (χ1n) is 13.6. The summed E-state index contributed by atoms with van der Waals surface area (Å²) in [7, 11) is 1.40. The molecule has 0 unspecified atom stereocenters. The number of benzene rings is 2. The second-order valence-electron chi connectivity index (χ2n) is 10.4. The number of methoxy groups -OCH3 is 1. The molecular weight excluding hydrogens is 542 g/mol. The van der Waals surface area contributed by atoms with Crippen LogP contribution in [0.4, 0.5) is 17.6 Å². The van der Waals surface area contributed by atoms with Crippen molar-refractivity contribution in [3.8, 4) is 11.5 Å². The number of hydrogen-bond donors (Lipinski definition) is 0. The van der Waals surface area contributed by atoms with Crippen LogP contribution in [0.2, 0.25) is 0 Å². The van der Waals surface area contributed by atoms with E-state index < -0.39 is 35.1 Å². The summed E-state index contributed by atoms with van der Waals surface area (Å²) in [4.78, 5) is 40.3. The third-order valence-corrected chi connectivity index (χ3v) is 7.49. The van der Waals surface area contributed by atoms with Gasteiger partial charge in [0.2, 0.25) is 11.7 Å². The van der Waals surface area contributed by atoms with Crippen molar-refractivity contribution in [1.82, 2.24) is 4.98 Å². The summed E-state index contributed by atoms with van der Waals surface area (Å²) >= 11 is 0. The number of ether oxygens (including phenoxy) is 1. The maximum atomic E-state index is 14.0. The van der Waals surface area contributed by atoms with Crippen LogP contribution in [-0.4, -0.2) is 29.6 Å². The summed E-state index contributed by atoms with van der Waals surface area (Å²) in [6.45, 7) is 0. The number of carbonyl (C=O) groups is 3. The molecule has 0 aliphatic heterocycles. The van der Waals surface area contributed by atoms with Gasteiger partial charge >= 0.3 is 12.1 Å². The zero-order valence-corrected chi connectivity index (χ0v) is 22.6. The third kappa shape index (κ3) is 7.89. The van der Waals surface area contributed by atoms with Crippen LogP contribution in [0.5, 0.6) is 0 Å². The van der Waals surface area contributed by atoms with Crippen LogP contribution in [0.25, 0.3) is 11.5 Å². The molecule has 4 rings (SSSR count). The minimum Gasteiger partial charge on any atom is -0.469 e. The number of oxazole rings is 1. The Kier molecular flexibility index (Phi) is 9.73. The van der Waals surface area contributed by atoms with Gasteiger partial charge in [0.1, 0.15) is 11.6 Å². The van der Waals surface area contributed by atoms with E-state index in [9.17, 15) is 31.9 Å². The summed E-state index contributed by atoms with van der Waals surface area (Å²) in [5, 5.41) is 0. The van der Waals surface area contributed by atoms with Crippen molar-refractivity contribution in [3.63, 3.8) is 0 Å². The Morgan fingerprint density at radius 3 is 2.29 bits per heavy atom. The highest BCUT2D eigenvalue weighted by Crippen LogP contribution is 2.38. The van der Waals surface area contributed by atoms with Crippen LogP contribution in [-0.2, 0) is 26.9 Å². The Hall–Kier alpha value is -3.82. The normalized spacial score (nSPS) is 17.3. The predicted octanol–water partition coefficient (Wildman–Crippen LogP) is 7.50. The minimum absolute atomic E-state index is 0.0110. The molecular formula is C31H31F4NO5. The molecule has 1 saturated carbocycles. The lowest BCUT2D eigenvalue weighted by atomic mass is 9.77. The SMILES string of the molecule is COC(=O)CC1CCC(c2ccc(CC(=O)CCCC(=O)c3nc(-c4ccccc4F)oc3C(F)(F)F)cc2)CC1. The molecule has 1 aliphatic carbocycles. The van der Waals surface area contributed by atoms with Crippen LogP contribution in [0.1, 0.15) is 84.7 Å². The van der Waals surface area contributed by atoms with Gasteiger partial charge in [0.05, 0.1) is 12.7 Å². The maximum Gasteiger partial charge on any atom is 0.452 e. The molecule has 0 radical (unpaired) electrons. The minimum atomic E-state index is -4.99. The second-order valence-corrected chi connectivity index (χ2v) is 10.4. The Bertz CT molecular complexity index is 1370. The van der Waals surface area contributed by atoms with Gasteiger partial charge in [-0.1, -0.05) is 36.4 Å². The van der Waals surface area contributed by atoms with Gasteiger partial charge in [0.15, 0.2) is 11.5 Å². The van der Waals surface area contributed by atoms with Gasteiger partial charge in [-0.3, -0.25) is 14.4 Å². The average molecular weight is 574 g/mol. The van der Waals surface area contributed by atoms with Crippen molar-refractivity contribution in [2.24, 2.45) is 5.92 Å². The van der Waals surface area contributed by atoms with Crippen molar-refractivity contribution in [3.05, 3.63) is 76.9 Å². The standard InChI is InChI=1S/C31H31F4NO5/c1-40-27(39)18-20-11-15-22(16-12-20)21-13-9-19(10-14-21)17-23(37)5-4-8-26(38)28-29(31(33,34)35)41-30(36-28)24-6-2-3-7-25(24)32/h2-3,6-7,9-10,13-14,20,22H,4-5,8,11-12,15-18H2,1H3. The first kappa shape index (κ1) is 30.1. The fourth-order valence-corrected chi connectivity index (χ4v) is 5.26. The molecule has 0 atom stereocenters. The summed E-state index contributed by atoms with van der Waals surface area (Å²) in [5.41, 5.74) is 0.795. The number of aromatic nitrogens is 1. The molecule has 0 amide bonds. The van der Waals surface area contributed by atoms with Gasteiger partial charge in [-0.05, 0) is 67.2 Å². The van der Waals surface area contributed by atoms with E-state index >= 15 is 0 Å². The van der Waals surface area contributed by atoms with Crippen molar-refractivity contribution >= 4 is 17.5 Å². The Balaban J connectivity index is 1.28. The molecule has 0 bridgehead atoms. The van der Waals surface area contributed by atoms with Crippen molar-refractivity contribution in [2.45, 2.75) is 69.9 Å². The Morgan fingerprint density at radius 1 is 0.976 bits per heavy atom. The largest absolute Gasteiger partial charge is 0.469 e. The van der Waals surface area contributed by atoms with Crippen molar-refractivity contribution in [1.29, 1.82) is 0 Å². The van der Waals surface area contributed by atoms with E-state index in [1.807, 2.05) is 24.3 Å². The van der Waals surface area contributed by atoms with Gasteiger partial charge in [-0.25, -0.2) is 9.37 Å². The molecule has 1 aliphatic rings. The van der Waals surface area contributed by atoms with Crippen molar-refractivity contribution in [2.75, 3.05) is 7.11 Å². The highest BCUT2D eigenvalue weighted by atomic mass is 19.4. The number of nitrogens with zero attached hydrogens (tertiary/aromatic N) is 1. The number of hydrogen-bond acceptors (Lipinski definition) is 6. The molecule has 10 heteroatoms. The average Bonchev–Trinajstić information content (AvgIpc) is 3.40. The lowest BCUT2D eigenvalue weighted by molar-refractivity contribution is -0.153. The lowest BCUT2D eigenvalue weighted by Crippen LogP contribution is -2.17. The molecule has 218 valence electrons. The number of Topliss-reactive ketones (excluding diaryl/α,β-unsaturated/α-hetero) is 2. The summed E-state index contributed by atoms with van der Waals surface area (Å²) < 4.78 is 64.1. The first-order chi connectivity index (χ1) is 19.5. The molecule has 1 aromatic heterocycles. The fraction of sp³-hybridized carbons (Fsp3) is 0.419. The Labute approximate surface area is 235 Å². The Morgan fingerprint density at radius 2 is 1.66 bits per heavy atom. The molecule has 0 N–H and O–H groups in total. The molecule has 0 saturated heterocycles. The quantitative estimate of drug-likeness (QED) is 0.134. The van der Waals surface area contributed by atoms with E-state index in [0.29, 0.717) is 18.3 Å². The third-order valence-electron chi connectivity index (χ3n) is 7.49. The molecule has 1 fully saturated rings. The molecule has 41 heavy (non-hydrogen) atoms. The number of ketones is 2. The topological polar surface area (TPSA) is 86.5 Å². The zero-order chi connectivity index (χ0) is 29.6. The van der Waals surface area contributed by atoms with Gasteiger partial charge in [-0.15, -0.1) is 0 Å². The predicted molar refractivity (Wildman–Crippen MR) is 142 cm³/mol. The molecule has 3 aromatic rings. The molecule has 6 nitrogen and oxygen atoms in total. The number of carbonyl (C=O) groups excluding carboxylic acids is 3. The summed E-state index contributed by atoms with van der Waals surface area (Å²) in [6, 6.07) is 12.8. The molecule has 1 heterocycles. The van der Waals surface area contributed by atoms with E-state index in [4.69, 9.17) is 9.15 Å². The van der Waals surface area contributed by atoms with Gasteiger partial charge in [0.25, 0.3) is 0 Å². The first-order valence-corrected chi connectivity index (χ1v) is 13.6. The second kappa shape index (κ2) is 13.2. The van der Waals surface area contributed by atoms with Gasteiger partial charge < -0.3 is 9.15 Å². The highest BCUT2D eigenvalue weighted by Gasteiger charge is 2.41. The van der Waals surface area contributed by atoms with E-state index in [1.165, 1.54) is 30.9 Å². The van der Waals surface area contributed by atoms with Gasteiger partial charge in [0, 0.05) is 25.7 Å². The molecule has 2 aromatic carbocycles. The number of alkyl halides is 3. The van der Waals surface area contributed by atoms with E-state index in [0.717, 1.165) is 37.3 Å². The summed E-state index contributed by atoms with van der Waals surface area (Å²) in [6.07, 6.45) is -0.789. The smallest absolute Gasteiger partial charge is 0.452 e. The zero-order valence-electron chi connectivity index (χ0n) is 22.6. The van der Waals surface area contributed by atoms with Crippen LogP contribution >= 0.6 is 0 Å². The number of halogens is 4. The van der Waals surface area contributed by atoms with Crippen LogP contribution < -0.4 is 0 Å². The number of rotatable bonds is 11. The van der Waals surface area contributed by atoms with E-state index in [2.05, 4.69) is 4.98 Å². The fourth-order valence-electron chi connectivity index (χ4n) is 5.26. The van der Waals surface area contributed by atoms with E-state index in [-0.39, 0.29) is 43.0 Å². The number of esters is 1. The van der Waals surface area contributed by atoms with Crippen LogP contribution in [0.3, 0.4) is 0 Å². The van der Waals surface area contributed by atoms with Gasteiger partial charge in [-0.2, -0.15) is 13.2 Å². The van der Waals surface area contributed by atoms with Crippen LogP contribution in [0.15, 0.2) is 52.9 Å². The lowest BCUT2D eigenvalue weighted by Gasteiger charge is -2.28. The van der Waals surface area contributed by atoms with Crippen LogP contribution in [0, 0.1) is 11.7 Å². The highest BCUT2D eigenvalue weighted by molar-refractivity contribution is 5.96. The van der Waals surface area contributed by atoms with E-state index in [1.54, 1.807) is 0 Å². The monoisotopic (exact) mass is 573 g/mol.